The number of rotatable bonds is 5. The molecule has 0 saturated carbocycles. The van der Waals surface area contributed by atoms with Gasteiger partial charge >= 0.3 is 6.03 Å². The lowest BCUT2D eigenvalue weighted by Crippen LogP contribution is -2.49. The molecule has 2 aromatic rings. The lowest BCUT2D eigenvalue weighted by atomic mass is 10.1. The molecular formula is C21H25N3O2. The minimum Gasteiger partial charge on any atom is -0.352 e. The Morgan fingerprint density at radius 1 is 1.04 bits per heavy atom. The van der Waals surface area contributed by atoms with Crippen molar-refractivity contribution in [2.75, 3.05) is 24.5 Å². The summed E-state index contributed by atoms with van der Waals surface area (Å²) in [5, 5.41) is 2.78. The van der Waals surface area contributed by atoms with Crippen LogP contribution in [0.25, 0.3) is 0 Å². The van der Waals surface area contributed by atoms with Gasteiger partial charge in [-0.1, -0.05) is 29.8 Å². The fourth-order valence-corrected chi connectivity index (χ4v) is 3.14. The van der Waals surface area contributed by atoms with E-state index in [9.17, 15) is 9.59 Å². The second-order valence-corrected chi connectivity index (χ2v) is 6.60. The van der Waals surface area contributed by atoms with E-state index >= 15 is 0 Å². The molecule has 1 heterocycles. The number of hydrogen-bond donors (Lipinski definition) is 1. The monoisotopic (exact) mass is 351 g/mol. The summed E-state index contributed by atoms with van der Waals surface area (Å²) >= 11 is 0. The number of urea groups is 1. The highest BCUT2D eigenvalue weighted by Gasteiger charge is 2.26. The Hall–Kier alpha value is -2.82. The van der Waals surface area contributed by atoms with Crippen molar-refractivity contribution in [1.82, 2.24) is 10.2 Å². The summed E-state index contributed by atoms with van der Waals surface area (Å²) in [5.41, 5.74) is 3.79. The molecule has 3 amide bonds. The normalized spacial score (nSPS) is 14.5. The summed E-state index contributed by atoms with van der Waals surface area (Å²) in [6, 6.07) is 15.5. The zero-order chi connectivity index (χ0) is 18.5. The predicted molar refractivity (Wildman–Crippen MR) is 103 cm³/mol. The van der Waals surface area contributed by atoms with Crippen molar-refractivity contribution < 1.29 is 9.59 Å². The minimum absolute atomic E-state index is 0.0163. The van der Waals surface area contributed by atoms with E-state index in [1.54, 1.807) is 17.0 Å². The summed E-state index contributed by atoms with van der Waals surface area (Å²) in [5.74, 6) is -0.0926. The maximum atomic E-state index is 12.9. The fourth-order valence-electron chi connectivity index (χ4n) is 3.14. The average Bonchev–Trinajstić information content (AvgIpc) is 2.66. The topological polar surface area (TPSA) is 52.7 Å². The highest BCUT2D eigenvalue weighted by molar-refractivity contribution is 5.96. The number of hydrogen-bond acceptors (Lipinski definition) is 2. The van der Waals surface area contributed by atoms with Crippen molar-refractivity contribution in [2.24, 2.45) is 0 Å². The van der Waals surface area contributed by atoms with Crippen LogP contribution in [0, 0.1) is 6.92 Å². The molecule has 0 unspecified atom stereocenters. The summed E-state index contributed by atoms with van der Waals surface area (Å²) in [6.45, 7) is 6.62. The van der Waals surface area contributed by atoms with Gasteiger partial charge in [0.2, 0.25) is 0 Å². The summed E-state index contributed by atoms with van der Waals surface area (Å²) < 4.78 is 0. The van der Waals surface area contributed by atoms with Gasteiger partial charge in [0.05, 0.1) is 0 Å². The van der Waals surface area contributed by atoms with Crippen LogP contribution < -0.4 is 10.2 Å². The van der Waals surface area contributed by atoms with Crippen LogP contribution in [-0.2, 0) is 6.54 Å². The fraction of sp³-hybridized carbons (Fsp3) is 0.333. The Bertz CT molecular complexity index is 769. The lowest BCUT2D eigenvalue weighted by molar-refractivity contribution is 0.0956. The maximum Gasteiger partial charge on any atom is 0.324 e. The smallest absolute Gasteiger partial charge is 0.324 e. The van der Waals surface area contributed by atoms with Gasteiger partial charge < -0.3 is 10.2 Å². The highest BCUT2D eigenvalue weighted by atomic mass is 16.2. The van der Waals surface area contributed by atoms with Crippen molar-refractivity contribution in [3.05, 3.63) is 65.2 Å². The zero-order valence-corrected chi connectivity index (χ0v) is 15.4. The molecule has 1 saturated heterocycles. The number of benzene rings is 2. The molecule has 0 radical (unpaired) electrons. The van der Waals surface area contributed by atoms with Crippen molar-refractivity contribution in [3.8, 4) is 0 Å². The average molecular weight is 351 g/mol. The van der Waals surface area contributed by atoms with E-state index in [1.807, 2.05) is 24.0 Å². The molecule has 1 aliphatic rings. The Balaban J connectivity index is 1.71. The van der Waals surface area contributed by atoms with E-state index in [-0.39, 0.29) is 11.9 Å². The molecule has 1 fully saturated rings. The quantitative estimate of drug-likeness (QED) is 0.895. The Labute approximate surface area is 154 Å². The van der Waals surface area contributed by atoms with Crippen molar-refractivity contribution >= 4 is 17.6 Å². The third kappa shape index (κ3) is 4.04. The van der Waals surface area contributed by atoms with E-state index in [0.717, 1.165) is 24.2 Å². The van der Waals surface area contributed by atoms with E-state index < -0.39 is 0 Å². The molecule has 0 spiro atoms. The standard InChI is InChI=1S/C21H25N3O2/c1-3-22-20(25)18-9-11-19(12-10-18)24-14-4-13-23(21(24)26)15-17-7-5-16(2)6-8-17/h5-12H,3-4,13-15H2,1-2H3,(H,22,25). The van der Waals surface area contributed by atoms with Crippen LogP contribution >= 0.6 is 0 Å². The van der Waals surface area contributed by atoms with Crippen LogP contribution in [0.5, 0.6) is 0 Å². The third-order valence-electron chi connectivity index (χ3n) is 4.58. The van der Waals surface area contributed by atoms with Crippen LogP contribution in [0.3, 0.4) is 0 Å². The van der Waals surface area contributed by atoms with Gasteiger partial charge in [0.1, 0.15) is 0 Å². The molecule has 0 atom stereocenters. The second-order valence-electron chi connectivity index (χ2n) is 6.60. The highest BCUT2D eigenvalue weighted by Crippen LogP contribution is 2.22. The lowest BCUT2D eigenvalue weighted by Gasteiger charge is -2.35. The molecule has 3 rings (SSSR count). The number of nitrogens with one attached hydrogen (secondary N) is 1. The molecule has 1 aliphatic heterocycles. The van der Waals surface area contributed by atoms with Crippen molar-refractivity contribution in [1.29, 1.82) is 0 Å². The number of carbonyl (C=O) groups excluding carboxylic acids is 2. The van der Waals surface area contributed by atoms with Gasteiger partial charge in [0.25, 0.3) is 5.91 Å². The minimum atomic E-state index is -0.0926. The molecule has 0 aromatic heterocycles. The van der Waals surface area contributed by atoms with Crippen LogP contribution in [0.1, 0.15) is 34.8 Å². The molecule has 0 aliphatic carbocycles. The van der Waals surface area contributed by atoms with Crippen LogP contribution in [-0.4, -0.2) is 36.5 Å². The summed E-state index contributed by atoms with van der Waals surface area (Å²) in [6.07, 6.45) is 0.926. The van der Waals surface area contributed by atoms with E-state index in [1.165, 1.54) is 5.56 Å². The molecule has 26 heavy (non-hydrogen) atoms. The number of anilines is 1. The summed E-state index contributed by atoms with van der Waals surface area (Å²) in [4.78, 5) is 28.4. The van der Waals surface area contributed by atoms with Crippen LogP contribution in [0.15, 0.2) is 48.5 Å². The largest absolute Gasteiger partial charge is 0.352 e. The number of amides is 3. The second kappa shape index (κ2) is 8.04. The Morgan fingerprint density at radius 3 is 2.38 bits per heavy atom. The first-order chi connectivity index (χ1) is 12.6. The molecule has 1 N–H and O–H groups in total. The molecular weight excluding hydrogens is 326 g/mol. The van der Waals surface area contributed by atoms with Crippen LogP contribution in [0.4, 0.5) is 10.5 Å². The van der Waals surface area contributed by atoms with Gasteiger partial charge in [-0.3, -0.25) is 9.69 Å². The van der Waals surface area contributed by atoms with E-state index in [0.29, 0.717) is 25.2 Å². The Morgan fingerprint density at radius 2 is 1.73 bits per heavy atom. The summed E-state index contributed by atoms with van der Waals surface area (Å²) in [7, 11) is 0. The van der Waals surface area contributed by atoms with Gasteiger partial charge in [0, 0.05) is 37.4 Å². The molecule has 2 aromatic carbocycles. The maximum absolute atomic E-state index is 12.9. The van der Waals surface area contributed by atoms with Crippen LogP contribution in [0.2, 0.25) is 0 Å². The molecule has 136 valence electrons. The molecule has 5 heteroatoms. The number of nitrogens with zero attached hydrogens (tertiary/aromatic N) is 2. The van der Waals surface area contributed by atoms with Gasteiger partial charge in [-0.15, -0.1) is 0 Å². The number of aryl methyl sites for hydroxylation is 1. The first kappa shape index (κ1) is 18.0. The van der Waals surface area contributed by atoms with Gasteiger partial charge in [-0.05, 0) is 50.1 Å². The SMILES string of the molecule is CCNC(=O)c1ccc(N2CCCN(Cc3ccc(C)cc3)C2=O)cc1. The zero-order valence-electron chi connectivity index (χ0n) is 15.4. The number of carbonyl (C=O) groups is 2. The van der Waals surface area contributed by atoms with Gasteiger partial charge in [-0.25, -0.2) is 4.79 Å². The van der Waals surface area contributed by atoms with Gasteiger partial charge in [-0.2, -0.15) is 0 Å². The van der Waals surface area contributed by atoms with Crippen molar-refractivity contribution in [3.63, 3.8) is 0 Å². The first-order valence-corrected chi connectivity index (χ1v) is 9.08. The molecule has 0 bridgehead atoms. The van der Waals surface area contributed by atoms with E-state index in [2.05, 4.69) is 36.5 Å². The molecule has 5 nitrogen and oxygen atoms in total. The third-order valence-corrected chi connectivity index (χ3v) is 4.58. The Kier molecular flexibility index (Phi) is 5.56. The van der Waals surface area contributed by atoms with Crippen molar-refractivity contribution in [2.45, 2.75) is 26.8 Å². The van der Waals surface area contributed by atoms with Gasteiger partial charge in [0.15, 0.2) is 0 Å². The van der Waals surface area contributed by atoms with E-state index in [4.69, 9.17) is 0 Å². The first-order valence-electron chi connectivity index (χ1n) is 9.08. The predicted octanol–water partition coefficient (Wildman–Crippen LogP) is 3.58.